The maximum atomic E-state index is 12.8. The zero-order chi connectivity index (χ0) is 43.7. The second-order valence-electron chi connectivity index (χ2n) is 16.7. The minimum Gasteiger partial charge on any atom is -0.462 e. The van der Waals surface area contributed by atoms with Crippen LogP contribution in [0.5, 0.6) is 0 Å². The average molecular weight is 839 g/mol. The standard InChI is InChI=1S/C54H94O6/c1-4-7-10-13-16-19-22-24-26-27-29-30-32-35-38-41-44-47-53(56)59-50-51(49-58-52(55)46-43-40-37-34-21-18-15-12-9-6-3)60-54(57)48-45-42-39-36-33-31-28-25-23-20-17-14-11-8-5-2/h8,11-12,15,17,20,24-26,28,51H,4-7,9-10,13-14,16,18-19,21-23,27,29-50H2,1-3H3/b11-8-,15-12-,20-17-,26-24-,28-25-. The first-order valence-electron chi connectivity index (χ1n) is 25.3. The van der Waals surface area contributed by atoms with E-state index in [-0.39, 0.29) is 31.1 Å². The fraction of sp³-hybridized carbons (Fsp3) is 0.759. The van der Waals surface area contributed by atoms with Crippen molar-refractivity contribution in [3.8, 4) is 0 Å². The normalized spacial score (nSPS) is 12.5. The van der Waals surface area contributed by atoms with E-state index in [2.05, 4.69) is 81.5 Å². The molecule has 0 fully saturated rings. The Morgan fingerprint density at radius 1 is 0.350 bits per heavy atom. The van der Waals surface area contributed by atoms with Gasteiger partial charge in [-0.1, -0.05) is 191 Å². The molecule has 0 aliphatic rings. The molecule has 0 saturated heterocycles. The molecular formula is C54H94O6. The molecule has 1 atom stereocenters. The first-order valence-corrected chi connectivity index (χ1v) is 25.3. The molecule has 0 saturated carbocycles. The maximum Gasteiger partial charge on any atom is 0.306 e. The molecule has 0 amide bonds. The zero-order valence-corrected chi connectivity index (χ0v) is 39.5. The molecule has 0 aliphatic carbocycles. The monoisotopic (exact) mass is 839 g/mol. The Balaban J connectivity index is 4.37. The van der Waals surface area contributed by atoms with Crippen LogP contribution in [0.25, 0.3) is 0 Å². The minimum absolute atomic E-state index is 0.0861. The lowest BCUT2D eigenvalue weighted by Crippen LogP contribution is -2.30. The second-order valence-corrected chi connectivity index (χ2v) is 16.7. The first-order chi connectivity index (χ1) is 29.5. The van der Waals surface area contributed by atoms with E-state index in [9.17, 15) is 14.4 Å². The van der Waals surface area contributed by atoms with Crippen molar-refractivity contribution in [1.82, 2.24) is 0 Å². The molecule has 0 radical (unpaired) electrons. The summed E-state index contributed by atoms with van der Waals surface area (Å²) in [7, 11) is 0. The van der Waals surface area contributed by atoms with E-state index in [1.807, 2.05) is 0 Å². The number of ether oxygens (including phenoxy) is 3. The molecule has 1 unspecified atom stereocenters. The van der Waals surface area contributed by atoms with Crippen LogP contribution >= 0.6 is 0 Å². The maximum absolute atomic E-state index is 12.8. The molecule has 0 bridgehead atoms. The van der Waals surface area contributed by atoms with Crippen LogP contribution < -0.4 is 0 Å². The highest BCUT2D eigenvalue weighted by molar-refractivity contribution is 5.71. The Morgan fingerprint density at radius 3 is 1.10 bits per heavy atom. The molecule has 0 aromatic rings. The predicted molar refractivity (Wildman–Crippen MR) is 256 cm³/mol. The smallest absolute Gasteiger partial charge is 0.306 e. The van der Waals surface area contributed by atoms with Crippen LogP contribution in [0.4, 0.5) is 0 Å². The zero-order valence-electron chi connectivity index (χ0n) is 39.5. The lowest BCUT2D eigenvalue weighted by atomic mass is 10.1. The van der Waals surface area contributed by atoms with Gasteiger partial charge in [-0.05, 0) is 96.3 Å². The van der Waals surface area contributed by atoms with E-state index >= 15 is 0 Å². The lowest BCUT2D eigenvalue weighted by Gasteiger charge is -2.18. The van der Waals surface area contributed by atoms with Gasteiger partial charge in [0.05, 0.1) is 0 Å². The average Bonchev–Trinajstić information content (AvgIpc) is 3.24. The molecular weight excluding hydrogens is 745 g/mol. The van der Waals surface area contributed by atoms with Crippen molar-refractivity contribution in [3.63, 3.8) is 0 Å². The SMILES string of the molecule is CC/C=C\C/C=C\C/C=C\CCCCCCCC(=O)OC(COC(=O)CCCCCCC/C=C\CCC)COC(=O)CCCCCCCCC/C=C\CCCCCCCC. The summed E-state index contributed by atoms with van der Waals surface area (Å²) in [5.74, 6) is -0.917. The van der Waals surface area contributed by atoms with Crippen molar-refractivity contribution in [2.24, 2.45) is 0 Å². The molecule has 60 heavy (non-hydrogen) atoms. The molecule has 346 valence electrons. The summed E-state index contributed by atoms with van der Waals surface area (Å²) in [6, 6.07) is 0. The van der Waals surface area contributed by atoms with E-state index < -0.39 is 6.10 Å². The van der Waals surface area contributed by atoms with Gasteiger partial charge in [0, 0.05) is 19.3 Å². The number of carbonyl (C=O) groups is 3. The summed E-state index contributed by atoms with van der Waals surface area (Å²) in [6.45, 7) is 6.44. The second kappa shape index (κ2) is 48.8. The largest absolute Gasteiger partial charge is 0.462 e. The fourth-order valence-electron chi connectivity index (χ4n) is 6.92. The summed E-state index contributed by atoms with van der Waals surface area (Å²) in [5.41, 5.74) is 0. The number of unbranched alkanes of at least 4 members (excludes halogenated alkanes) is 24. The van der Waals surface area contributed by atoms with E-state index in [1.165, 1.54) is 96.3 Å². The number of carbonyl (C=O) groups excluding carboxylic acids is 3. The number of rotatable bonds is 45. The van der Waals surface area contributed by atoms with E-state index in [4.69, 9.17) is 14.2 Å². The van der Waals surface area contributed by atoms with Gasteiger partial charge in [0.1, 0.15) is 13.2 Å². The van der Waals surface area contributed by atoms with Crippen LogP contribution in [0.15, 0.2) is 60.8 Å². The number of esters is 3. The van der Waals surface area contributed by atoms with Crippen molar-refractivity contribution >= 4 is 17.9 Å². The Kier molecular flexibility index (Phi) is 46.4. The predicted octanol–water partition coefficient (Wildman–Crippen LogP) is 16.5. The number of hydrogen-bond acceptors (Lipinski definition) is 6. The van der Waals surface area contributed by atoms with Gasteiger partial charge < -0.3 is 14.2 Å². The van der Waals surface area contributed by atoms with Crippen molar-refractivity contribution in [2.75, 3.05) is 13.2 Å². The number of hydrogen-bond donors (Lipinski definition) is 0. The van der Waals surface area contributed by atoms with Crippen molar-refractivity contribution in [3.05, 3.63) is 60.8 Å². The summed E-state index contributed by atoms with van der Waals surface area (Å²) in [4.78, 5) is 37.9. The van der Waals surface area contributed by atoms with E-state index in [0.29, 0.717) is 19.3 Å². The van der Waals surface area contributed by atoms with Crippen LogP contribution in [0, 0.1) is 0 Å². The summed E-state index contributed by atoms with van der Waals surface area (Å²) in [6.07, 6.45) is 59.2. The molecule has 6 heteroatoms. The van der Waals surface area contributed by atoms with Crippen molar-refractivity contribution in [1.29, 1.82) is 0 Å². The third-order valence-electron chi connectivity index (χ3n) is 10.7. The Hall–Kier alpha value is -2.89. The first kappa shape index (κ1) is 57.1. The van der Waals surface area contributed by atoms with Gasteiger partial charge in [-0.3, -0.25) is 14.4 Å². The third kappa shape index (κ3) is 46.2. The quantitative estimate of drug-likeness (QED) is 0.0263. The van der Waals surface area contributed by atoms with Gasteiger partial charge in [-0.2, -0.15) is 0 Å². The molecule has 0 aromatic heterocycles. The minimum atomic E-state index is -0.786. The van der Waals surface area contributed by atoms with Crippen molar-refractivity contribution in [2.45, 2.75) is 252 Å². The van der Waals surface area contributed by atoms with Crippen LogP contribution in [-0.2, 0) is 28.6 Å². The third-order valence-corrected chi connectivity index (χ3v) is 10.7. The number of allylic oxidation sites excluding steroid dienone is 10. The molecule has 0 rings (SSSR count). The summed E-state index contributed by atoms with van der Waals surface area (Å²) < 4.78 is 16.7. The molecule has 0 N–H and O–H groups in total. The van der Waals surface area contributed by atoms with Gasteiger partial charge >= 0.3 is 17.9 Å². The van der Waals surface area contributed by atoms with Crippen molar-refractivity contribution < 1.29 is 28.6 Å². The van der Waals surface area contributed by atoms with Crippen LogP contribution in [-0.4, -0.2) is 37.2 Å². The fourth-order valence-corrected chi connectivity index (χ4v) is 6.92. The molecule has 6 nitrogen and oxygen atoms in total. The summed E-state index contributed by atoms with van der Waals surface area (Å²) >= 11 is 0. The molecule has 0 heterocycles. The van der Waals surface area contributed by atoms with E-state index in [0.717, 1.165) is 109 Å². The van der Waals surface area contributed by atoms with Crippen LogP contribution in [0.2, 0.25) is 0 Å². The molecule has 0 aromatic carbocycles. The van der Waals surface area contributed by atoms with Crippen LogP contribution in [0.1, 0.15) is 245 Å². The van der Waals surface area contributed by atoms with Gasteiger partial charge in [-0.15, -0.1) is 0 Å². The lowest BCUT2D eigenvalue weighted by molar-refractivity contribution is -0.167. The highest BCUT2D eigenvalue weighted by Gasteiger charge is 2.19. The van der Waals surface area contributed by atoms with Crippen LogP contribution in [0.3, 0.4) is 0 Å². The molecule has 0 spiro atoms. The Morgan fingerprint density at radius 2 is 0.683 bits per heavy atom. The highest BCUT2D eigenvalue weighted by Crippen LogP contribution is 2.14. The highest BCUT2D eigenvalue weighted by atomic mass is 16.6. The van der Waals surface area contributed by atoms with Gasteiger partial charge in [-0.25, -0.2) is 0 Å². The van der Waals surface area contributed by atoms with Gasteiger partial charge in [0.15, 0.2) is 6.10 Å². The van der Waals surface area contributed by atoms with Gasteiger partial charge in [0.2, 0.25) is 0 Å². The topological polar surface area (TPSA) is 78.9 Å². The Bertz CT molecular complexity index is 1100. The summed E-state index contributed by atoms with van der Waals surface area (Å²) in [5, 5.41) is 0. The van der Waals surface area contributed by atoms with E-state index in [1.54, 1.807) is 0 Å². The van der Waals surface area contributed by atoms with Gasteiger partial charge in [0.25, 0.3) is 0 Å². The Labute approximate surface area is 370 Å². The molecule has 0 aliphatic heterocycles.